The van der Waals surface area contributed by atoms with E-state index in [2.05, 4.69) is 37.4 Å². The fourth-order valence-electron chi connectivity index (χ4n) is 3.16. The van der Waals surface area contributed by atoms with Gasteiger partial charge in [-0.1, -0.05) is 38.8 Å². The van der Waals surface area contributed by atoms with Crippen LogP contribution in [0.1, 0.15) is 45.1 Å². The Hall–Kier alpha value is -1.02. The molecule has 1 aliphatic rings. The Kier molecular flexibility index (Phi) is 4.87. The molecule has 2 rings (SSSR count). The average molecular weight is 261 g/mol. The summed E-state index contributed by atoms with van der Waals surface area (Å²) in [4.78, 5) is 0. The van der Waals surface area contributed by atoms with Gasteiger partial charge in [-0.05, 0) is 49.4 Å². The van der Waals surface area contributed by atoms with Crippen molar-refractivity contribution in [1.82, 2.24) is 5.32 Å². The summed E-state index contributed by atoms with van der Waals surface area (Å²) in [7, 11) is 1.74. The van der Waals surface area contributed by atoms with Crippen molar-refractivity contribution in [2.45, 2.75) is 51.5 Å². The number of hydrogen-bond acceptors (Lipinski definition) is 2. The van der Waals surface area contributed by atoms with Crippen LogP contribution in [0.2, 0.25) is 0 Å². The van der Waals surface area contributed by atoms with E-state index in [0.29, 0.717) is 5.92 Å². The molecule has 1 saturated heterocycles. The molecule has 1 atom stereocenters. The Balaban J connectivity index is 2.19. The Labute approximate surface area is 117 Å². The fourth-order valence-corrected chi connectivity index (χ4v) is 3.16. The topological polar surface area (TPSA) is 21.3 Å². The van der Waals surface area contributed by atoms with Crippen molar-refractivity contribution >= 4 is 0 Å². The van der Waals surface area contributed by atoms with Crippen LogP contribution in [0.5, 0.6) is 5.75 Å². The molecule has 0 bridgehead atoms. The summed E-state index contributed by atoms with van der Waals surface area (Å²) < 4.78 is 5.34. The third-order valence-corrected chi connectivity index (χ3v) is 4.54. The minimum Gasteiger partial charge on any atom is -0.497 e. The Morgan fingerprint density at radius 3 is 2.84 bits per heavy atom. The van der Waals surface area contributed by atoms with Crippen LogP contribution in [0.3, 0.4) is 0 Å². The van der Waals surface area contributed by atoms with Crippen LogP contribution < -0.4 is 10.1 Å². The monoisotopic (exact) mass is 261 g/mol. The zero-order valence-corrected chi connectivity index (χ0v) is 12.5. The van der Waals surface area contributed by atoms with Crippen LogP contribution in [0.4, 0.5) is 0 Å². The summed E-state index contributed by atoms with van der Waals surface area (Å²) in [5.74, 6) is 1.61. The highest BCUT2D eigenvalue weighted by Crippen LogP contribution is 2.31. The molecule has 1 N–H and O–H groups in total. The molecule has 0 aliphatic carbocycles. The van der Waals surface area contributed by atoms with Crippen LogP contribution in [-0.4, -0.2) is 19.2 Å². The van der Waals surface area contributed by atoms with E-state index >= 15 is 0 Å². The van der Waals surface area contributed by atoms with Gasteiger partial charge in [-0.3, -0.25) is 0 Å². The van der Waals surface area contributed by atoms with Gasteiger partial charge < -0.3 is 10.1 Å². The van der Waals surface area contributed by atoms with Gasteiger partial charge >= 0.3 is 0 Å². The van der Waals surface area contributed by atoms with E-state index in [1.165, 1.54) is 31.2 Å². The summed E-state index contributed by atoms with van der Waals surface area (Å²) in [5, 5.41) is 3.84. The number of hydrogen-bond donors (Lipinski definition) is 1. The highest BCUT2D eigenvalue weighted by Gasteiger charge is 2.33. The molecule has 2 nitrogen and oxygen atoms in total. The molecular formula is C17H27NO. The van der Waals surface area contributed by atoms with E-state index in [0.717, 1.165) is 18.7 Å². The highest BCUT2D eigenvalue weighted by molar-refractivity contribution is 5.30. The number of benzene rings is 1. The molecule has 0 spiro atoms. The number of rotatable bonds is 4. The van der Waals surface area contributed by atoms with Crippen LogP contribution in [0, 0.1) is 5.92 Å². The number of methoxy groups -OCH3 is 1. The smallest absolute Gasteiger partial charge is 0.119 e. The highest BCUT2D eigenvalue weighted by atomic mass is 16.5. The first-order valence-electron chi connectivity index (χ1n) is 7.54. The van der Waals surface area contributed by atoms with Crippen molar-refractivity contribution in [3.8, 4) is 5.75 Å². The van der Waals surface area contributed by atoms with Gasteiger partial charge in [0.25, 0.3) is 0 Å². The van der Waals surface area contributed by atoms with Gasteiger partial charge in [-0.25, -0.2) is 0 Å². The zero-order chi connectivity index (χ0) is 13.7. The first-order valence-corrected chi connectivity index (χ1v) is 7.54. The molecule has 1 unspecified atom stereocenters. The molecule has 1 aromatic rings. The van der Waals surface area contributed by atoms with Crippen molar-refractivity contribution in [3.63, 3.8) is 0 Å². The minimum atomic E-state index is 0.253. The maximum absolute atomic E-state index is 5.34. The van der Waals surface area contributed by atoms with Crippen LogP contribution in [0.15, 0.2) is 24.3 Å². The molecule has 0 saturated carbocycles. The minimum absolute atomic E-state index is 0.253. The lowest BCUT2D eigenvalue weighted by atomic mass is 9.77. The van der Waals surface area contributed by atoms with E-state index in [1.54, 1.807) is 7.11 Å². The summed E-state index contributed by atoms with van der Waals surface area (Å²) in [6.45, 7) is 5.85. The molecule has 1 heterocycles. The number of ether oxygens (including phenoxy) is 1. The summed E-state index contributed by atoms with van der Waals surface area (Å²) in [5.41, 5.74) is 1.63. The van der Waals surface area contributed by atoms with Gasteiger partial charge in [-0.15, -0.1) is 0 Å². The van der Waals surface area contributed by atoms with Gasteiger partial charge in [-0.2, -0.15) is 0 Å². The molecule has 19 heavy (non-hydrogen) atoms. The normalized spacial score (nSPS) is 24.2. The number of nitrogens with one attached hydrogen (secondary N) is 1. The maximum Gasteiger partial charge on any atom is 0.119 e. The summed E-state index contributed by atoms with van der Waals surface area (Å²) in [6, 6.07) is 8.51. The van der Waals surface area contributed by atoms with Crippen molar-refractivity contribution in [2.24, 2.45) is 5.92 Å². The Morgan fingerprint density at radius 1 is 1.26 bits per heavy atom. The predicted octanol–water partition coefficient (Wildman–Crippen LogP) is 3.80. The Bertz CT molecular complexity index is 392. The molecule has 0 aromatic heterocycles. The van der Waals surface area contributed by atoms with Crippen molar-refractivity contribution < 1.29 is 4.74 Å². The largest absolute Gasteiger partial charge is 0.497 e. The second kappa shape index (κ2) is 6.42. The maximum atomic E-state index is 5.34. The SMILES string of the molecule is COc1cccc(CC2(C(C)C)CCCCCN2)c1. The van der Waals surface area contributed by atoms with Crippen molar-refractivity contribution in [3.05, 3.63) is 29.8 Å². The van der Waals surface area contributed by atoms with E-state index in [4.69, 9.17) is 4.74 Å². The standard InChI is InChI=1S/C17H27NO/c1-14(2)17(10-5-4-6-11-18-17)13-15-8-7-9-16(12-15)19-3/h7-9,12,14,18H,4-6,10-11,13H2,1-3H3. The first-order chi connectivity index (χ1) is 9.16. The van der Waals surface area contributed by atoms with Crippen LogP contribution >= 0.6 is 0 Å². The molecule has 2 heteroatoms. The van der Waals surface area contributed by atoms with Gasteiger partial charge in [0.15, 0.2) is 0 Å². The molecule has 1 aromatic carbocycles. The van der Waals surface area contributed by atoms with Crippen molar-refractivity contribution in [2.75, 3.05) is 13.7 Å². The van der Waals surface area contributed by atoms with Gasteiger partial charge in [0.05, 0.1) is 7.11 Å². The van der Waals surface area contributed by atoms with Gasteiger partial charge in [0.2, 0.25) is 0 Å². The fraction of sp³-hybridized carbons (Fsp3) is 0.647. The lowest BCUT2D eigenvalue weighted by Crippen LogP contribution is -2.50. The molecule has 0 radical (unpaired) electrons. The van der Waals surface area contributed by atoms with Gasteiger partial charge in [0, 0.05) is 5.54 Å². The zero-order valence-electron chi connectivity index (χ0n) is 12.5. The molecule has 0 amide bonds. The molecule has 1 fully saturated rings. The summed E-state index contributed by atoms with van der Waals surface area (Å²) in [6.07, 6.45) is 6.39. The third-order valence-electron chi connectivity index (χ3n) is 4.54. The average Bonchev–Trinajstić information content (AvgIpc) is 2.65. The lowest BCUT2D eigenvalue weighted by molar-refractivity contribution is 0.225. The van der Waals surface area contributed by atoms with Crippen LogP contribution in [0.25, 0.3) is 0 Å². The van der Waals surface area contributed by atoms with E-state index in [9.17, 15) is 0 Å². The van der Waals surface area contributed by atoms with E-state index in [-0.39, 0.29) is 5.54 Å². The van der Waals surface area contributed by atoms with Crippen molar-refractivity contribution in [1.29, 1.82) is 0 Å². The predicted molar refractivity (Wildman–Crippen MR) is 80.7 cm³/mol. The molecule has 1 aliphatic heterocycles. The third kappa shape index (κ3) is 3.50. The van der Waals surface area contributed by atoms with E-state index < -0.39 is 0 Å². The summed E-state index contributed by atoms with van der Waals surface area (Å²) >= 11 is 0. The Morgan fingerprint density at radius 2 is 2.11 bits per heavy atom. The lowest BCUT2D eigenvalue weighted by Gasteiger charge is -2.38. The van der Waals surface area contributed by atoms with Crippen LogP contribution in [-0.2, 0) is 6.42 Å². The quantitative estimate of drug-likeness (QED) is 0.890. The molecular weight excluding hydrogens is 234 g/mol. The van der Waals surface area contributed by atoms with Gasteiger partial charge in [0.1, 0.15) is 5.75 Å². The second-order valence-corrected chi connectivity index (χ2v) is 6.08. The molecule has 106 valence electrons. The van der Waals surface area contributed by atoms with E-state index in [1.807, 2.05) is 6.07 Å². The second-order valence-electron chi connectivity index (χ2n) is 6.08. The first kappa shape index (κ1) is 14.4.